The van der Waals surface area contributed by atoms with Gasteiger partial charge in [-0.2, -0.15) is 0 Å². The Bertz CT molecular complexity index is 620. The fourth-order valence-electron chi connectivity index (χ4n) is 1.66. The molecule has 0 saturated heterocycles. The first-order valence-electron chi connectivity index (χ1n) is 5.05. The maximum Gasteiger partial charge on any atom is 0.115 e. The Morgan fingerprint density at radius 3 is 2.50 bits per heavy atom. The summed E-state index contributed by atoms with van der Waals surface area (Å²) in [6.07, 6.45) is 5.05. The van der Waals surface area contributed by atoms with Crippen molar-refractivity contribution in [2.24, 2.45) is 0 Å². The third-order valence-electron chi connectivity index (χ3n) is 2.45. The highest BCUT2D eigenvalue weighted by Gasteiger charge is 2.00. The summed E-state index contributed by atoms with van der Waals surface area (Å²) in [4.78, 5) is 12.5. The molecule has 0 atom stereocenters. The van der Waals surface area contributed by atoms with E-state index in [1.165, 1.54) is 6.33 Å². The summed E-state index contributed by atoms with van der Waals surface area (Å²) in [7, 11) is 0. The van der Waals surface area contributed by atoms with Crippen molar-refractivity contribution in [2.45, 2.75) is 0 Å². The van der Waals surface area contributed by atoms with Crippen LogP contribution in [0.15, 0.2) is 55.1 Å². The summed E-state index contributed by atoms with van der Waals surface area (Å²) in [5.41, 5.74) is 2.83. The van der Waals surface area contributed by atoms with E-state index in [9.17, 15) is 0 Å². The van der Waals surface area contributed by atoms with Gasteiger partial charge in [0.25, 0.3) is 0 Å². The van der Waals surface area contributed by atoms with Gasteiger partial charge < -0.3 is 0 Å². The molecule has 2 heterocycles. The molecule has 0 amide bonds. The molecule has 3 nitrogen and oxygen atoms in total. The van der Waals surface area contributed by atoms with E-state index in [1.807, 2.05) is 30.3 Å². The van der Waals surface area contributed by atoms with E-state index in [0.717, 1.165) is 22.2 Å². The molecule has 3 rings (SSSR count). The number of hydrogen-bond donors (Lipinski definition) is 0. The molecule has 0 radical (unpaired) electrons. The number of pyridine rings is 1. The summed E-state index contributed by atoms with van der Waals surface area (Å²) in [5, 5.41) is 1.14. The second-order valence-electron chi connectivity index (χ2n) is 3.52. The van der Waals surface area contributed by atoms with Crippen molar-refractivity contribution in [1.29, 1.82) is 0 Å². The number of para-hydroxylation sites is 1. The smallest absolute Gasteiger partial charge is 0.115 e. The number of aromatic nitrogens is 3. The maximum atomic E-state index is 4.57. The van der Waals surface area contributed by atoms with Crippen LogP contribution in [0.2, 0.25) is 0 Å². The second kappa shape index (κ2) is 3.70. The monoisotopic (exact) mass is 207 g/mol. The predicted octanol–water partition coefficient (Wildman–Crippen LogP) is 2.69. The van der Waals surface area contributed by atoms with Crippen molar-refractivity contribution in [2.75, 3.05) is 0 Å². The number of rotatable bonds is 1. The molecule has 2 aromatic heterocycles. The molecule has 1 aromatic carbocycles. The first-order valence-corrected chi connectivity index (χ1v) is 5.05. The van der Waals surface area contributed by atoms with Crippen molar-refractivity contribution in [1.82, 2.24) is 15.0 Å². The zero-order valence-electron chi connectivity index (χ0n) is 8.54. The highest BCUT2D eigenvalue weighted by atomic mass is 14.8. The van der Waals surface area contributed by atoms with Gasteiger partial charge >= 0.3 is 0 Å². The van der Waals surface area contributed by atoms with Crippen LogP contribution >= 0.6 is 0 Å². The molecule has 0 unspecified atom stereocenters. The summed E-state index contributed by atoms with van der Waals surface area (Å²) in [6.45, 7) is 0. The molecule has 3 aromatic rings. The van der Waals surface area contributed by atoms with Gasteiger partial charge in [0.1, 0.15) is 6.33 Å². The fourth-order valence-corrected chi connectivity index (χ4v) is 1.66. The second-order valence-corrected chi connectivity index (χ2v) is 3.52. The SMILES string of the molecule is c1ccc2nc(-c3cncnc3)ccc2c1. The molecule has 76 valence electrons. The minimum Gasteiger partial charge on any atom is -0.248 e. The van der Waals surface area contributed by atoms with E-state index in [4.69, 9.17) is 0 Å². The van der Waals surface area contributed by atoms with E-state index in [0.29, 0.717) is 0 Å². The Hall–Kier alpha value is -2.29. The lowest BCUT2D eigenvalue weighted by Gasteiger charge is -2.01. The molecule has 0 saturated carbocycles. The predicted molar refractivity (Wildman–Crippen MR) is 62.8 cm³/mol. The highest BCUT2D eigenvalue weighted by molar-refractivity contribution is 5.81. The van der Waals surface area contributed by atoms with E-state index in [1.54, 1.807) is 12.4 Å². The van der Waals surface area contributed by atoms with Gasteiger partial charge in [-0.05, 0) is 12.1 Å². The molecule has 0 bridgehead atoms. The Morgan fingerprint density at radius 2 is 1.62 bits per heavy atom. The number of fused-ring (bicyclic) bond motifs is 1. The van der Waals surface area contributed by atoms with Crippen LogP contribution in [0.5, 0.6) is 0 Å². The lowest BCUT2D eigenvalue weighted by atomic mass is 10.1. The van der Waals surface area contributed by atoms with Crippen LogP contribution in [0.4, 0.5) is 0 Å². The third kappa shape index (κ3) is 1.52. The average Bonchev–Trinajstić information content (AvgIpc) is 2.39. The Balaban J connectivity index is 2.19. The maximum absolute atomic E-state index is 4.57. The molecule has 0 aliphatic heterocycles. The Morgan fingerprint density at radius 1 is 0.812 bits per heavy atom. The Labute approximate surface area is 92.8 Å². The van der Waals surface area contributed by atoms with Crippen LogP contribution in [-0.4, -0.2) is 15.0 Å². The largest absolute Gasteiger partial charge is 0.248 e. The average molecular weight is 207 g/mol. The molecule has 0 fully saturated rings. The molecule has 0 N–H and O–H groups in total. The molecule has 0 aliphatic rings. The van der Waals surface area contributed by atoms with Crippen molar-refractivity contribution in [3.05, 3.63) is 55.1 Å². The van der Waals surface area contributed by atoms with Crippen molar-refractivity contribution in [3.8, 4) is 11.3 Å². The van der Waals surface area contributed by atoms with Gasteiger partial charge in [0.15, 0.2) is 0 Å². The highest BCUT2D eigenvalue weighted by Crippen LogP contribution is 2.18. The lowest BCUT2D eigenvalue weighted by molar-refractivity contribution is 1.16. The topological polar surface area (TPSA) is 38.7 Å². The molecular formula is C13H9N3. The number of benzene rings is 1. The van der Waals surface area contributed by atoms with E-state index in [2.05, 4.69) is 21.0 Å². The zero-order chi connectivity index (χ0) is 10.8. The first kappa shape index (κ1) is 8.97. The quantitative estimate of drug-likeness (QED) is 0.615. The molecule has 0 aliphatic carbocycles. The summed E-state index contributed by atoms with van der Waals surface area (Å²) >= 11 is 0. The zero-order valence-corrected chi connectivity index (χ0v) is 8.54. The summed E-state index contributed by atoms with van der Waals surface area (Å²) < 4.78 is 0. The minimum atomic E-state index is 0.902. The minimum absolute atomic E-state index is 0.902. The normalized spacial score (nSPS) is 10.5. The molecule has 0 spiro atoms. The van der Waals surface area contributed by atoms with Gasteiger partial charge in [-0.25, -0.2) is 15.0 Å². The number of hydrogen-bond acceptors (Lipinski definition) is 3. The standard InChI is InChI=1S/C13H9N3/c1-2-4-12-10(3-1)5-6-13(16-12)11-7-14-9-15-8-11/h1-9H. The first-order chi connectivity index (χ1) is 7.93. The third-order valence-corrected chi connectivity index (χ3v) is 2.45. The van der Waals surface area contributed by atoms with Crippen LogP contribution < -0.4 is 0 Å². The van der Waals surface area contributed by atoms with Gasteiger partial charge in [0, 0.05) is 23.3 Å². The van der Waals surface area contributed by atoms with Gasteiger partial charge in [-0.3, -0.25) is 0 Å². The van der Waals surface area contributed by atoms with Crippen molar-refractivity contribution in [3.63, 3.8) is 0 Å². The molecular weight excluding hydrogens is 198 g/mol. The van der Waals surface area contributed by atoms with Crippen molar-refractivity contribution >= 4 is 10.9 Å². The summed E-state index contributed by atoms with van der Waals surface area (Å²) in [6, 6.07) is 12.1. The van der Waals surface area contributed by atoms with Gasteiger partial charge in [0.2, 0.25) is 0 Å². The van der Waals surface area contributed by atoms with Gasteiger partial charge in [0.05, 0.1) is 11.2 Å². The van der Waals surface area contributed by atoms with Crippen LogP contribution in [-0.2, 0) is 0 Å². The van der Waals surface area contributed by atoms with E-state index in [-0.39, 0.29) is 0 Å². The van der Waals surface area contributed by atoms with Gasteiger partial charge in [-0.1, -0.05) is 24.3 Å². The van der Waals surface area contributed by atoms with Crippen LogP contribution in [0.25, 0.3) is 22.2 Å². The molecule has 16 heavy (non-hydrogen) atoms. The van der Waals surface area contributed by atoms with E-state index >= 15 is 0 Å². The lowest BCUT2D eigenvalue weighted by Crippen LogP contribution is -1.86. The summed E-state index contributed by atoms with van der Waals surface area (Å²) in [5.74, 6) is 0. The van der Waals surface area contributed by atoms with Crippen molar-refractivity contribution < 1.29 is 0 Å². The fraction of sp³-hybridized carbons (Fsp3) is 0. The van der Waals surface area contributed by atoms with Crippen LogP contribution in [0.1, 0.15) is 0 Å². The van der Waals surface area contributed by atoms with Crippen LogP contribution in [0.3, 0.4) is 0 Å². The Kier molecular flexibility index (Phi) is 2.07. The van der Waals surface area contributed by atoms with Crippen LogP contribution in [0, 0.1) is 0 Å². The number of nitrogens with zero attached hydrogens (tertiary/aromatic N) is 3. The van der Waals surface area contributed by atoms with E-state index < -0.39 is 0 Å². The van der Waals surface area contributed by atoms with Gasteiger partial charge in [-0.15, -0.1) is 0 Å². The molecule has 3 heteroatoms.